The Bertz CT molecular complexity index is 191. The summed E-state index contributed by atoms with van der Waals surface area (Å²) < 4.78 is 4.61. The van der Waals surface area contributed by atoms with Crippen molar-refractivity contribution in [3.63, 3.8) is 0 Å². The number of esters is 1. The molecule has 0 amide bonds. The molecule has 0 aromatic heterocycles. The minimum absolute atomic E-state index is 0.142. The molecule has 88 valence electrons. The van der Waals surface area contributed by atoms with Crippen LogP contribution in [0, 0.1) is 0 Å². The molecule has 4 nitrogen and oxygen atoms in total. The highest BCUT2D eigenvalue weighted by Crippen LogP contribution is 2.05. The molecule has 1 aliphatic heterocycles. The lowest BCUT2D eigenvalue weighted by Crippen LogP contribution is -2.36. The minimum Gasteiger partial charge on any atom is -0.469 e. The van der Waals surface area contributed by atoms with Crippen molar-refractivity contribution < 1.29 is 9.53 Å². The fourth-order valence-electron chi connectivity index (χ4n) is 1.88. The lowest BCUT2D eigenvalue weighted by Gasteiger charge is -2.17. The highest BCUT2D eigenvalue weighted by atomic mass is 16.5. The number of carbonyl (C=O) groups excluding carboxylic acids is 1. The molecule has 4 heteroatoms. The lowest BCUT2D eigenvalue weighted by atomic mass is 10.2. The van der Waals surface area contributed by atoms with Gasteiger partial charge in [-0.25, -0.2) is 0 Å². The maximum atomic E-state index is 11.0. The molecule has 0 aromatic rings. The molecule has 1 atom stereocenters. The quantitative estimate of drug-likeness (QED) is 0.658. The normalized spacial score (nSPS) is 19.1. The summed E-state index contributed by atoms with van der Waals surface area (Å²) in [6.07, 6.45) is 3.12. The summed E-state index contributed by atoms with van der Waals surface area (Å²) in [4.78, 5) is 13.4. The largest absolute Gasteiger partial charge is 0.469 e. The highest BCUT2D eigenvalue weighted by molar-refractivity contribution is 5.69. The van der Waals surface area contributed by atoms with Gasteiger partial charge in [-0.15, -0.1) is 0 Å². The van der Waals surface area contributed by atoms with Crippen LogP contribution in [-0.2, 0) is 9.53 Å². The first-order chi connectivity index (χ1) is 7.22. The van der Waals surface area contributed by atoms with Gasteiger partial charge >= 0.3 is 5.97 Å². The lowest BCUT2D eigenvalue weighted by molar-refractivity contribution is -0.141. The molecule has 1 fully saturated rings. The van der Waals surface area contributed by atoms with Crippen LogP contribution in [-0.4, -0.2) is 50.2 Å². The smallest absolute Gasteiger partial charge is 0.307 e. The maximum absolute atomic E-state index is 11.0. The van der Waals surface area contributed by atoms with Crippen molar-refractivity contribution in [3.05, 3.63) is 0 Å². The second-order valence-electron chi connectivity index (χ2n) is 4.18. The first kappa shape index (κ1) is 12.5. The Labute approximate surface area is 92.0 Å². The van der Waals surface area contributed by atoms with E-state index in [9.17, 15) is 4.79 Å². The van der Waals surface area contributed by atoms with Gasteiger partial charge in [0.1, 0.15) is 0 Å². The number of hydrogen-bond donors (Lipinski definition) is 1. The molecular formula is C11H22N2O2. The number of ether oxygens (including phenoxy) is 1. The number of nitrogens with zero attached hydrogens (tertiary/aromatic N) is 1. The molecule has 0 spiro atoms. The van der Waals surface area contributed by atoms with Crippen molar-refractivity contribution in [2.75, 3.05) is 33.3 Å². The monoisotopic (exact) mass is 214 g/mol. The number of likely N-dealkylation sites (tertiary alicyclic amines) is 1. The molecule has 0 bridgehead atoms. The summed E-state index contributed by atoms with van der Waals surface area (Å²) in [5.74, 6) is -0.142. The Morgan fingerprint density at radius 2 is 2.13 bits per heavy atom. The Hall–Kier alpha value is -0.610. The van der Waals surface area contributed by atoms with Crippen molar-refractivity contribution in [3.8, 4) is 0 Å². The number of hydrogen-bond acceptors (Lipinski definition) is 4. The van der Waals surface area contributed by atoms with E-state index in [1.165, 1.54) is 33.0 Å². The summed E-state index contributed by atoms with van der Waals surface area (Å²) in [5.41, 5.74) is 0. The van der Waals surface area contributed by atoms with Gasteiger partial charge in [0.25, 0.3) is 0 Å². The number of carbonyl (C=O) groups is 1. The zero-order chi connectivity index (χ0) is 11.1. The molecule has 0 aromatic carbocycles. The van der Waals surface area contributed by atoms with Gasteiger partial charge in [-0.3, -0.25) is 4.79 Å². The topological polar surface area (TPSA) is 41.6 Å². The van der Waals surface area contributed by atoms with Crippen LogP contribution in [0.4, 0.5) is 0 Å². The van der Waals surface area contributed by atoms with Crippen molar-refractivity contribution >= 4 is 5.97 Å². The molecule has 0 saturated carbocycles. The van der Waals surface area contributed by atoms with Crippen molar-refractivity contribution in [1.82, 2.24) is 10.2 Å². The summed E-state index contributed by atoms with van der Waals surface area (Å²) in [6.45, 7) is 6.52. The first-order valence-corrected chi connectivity index (χ1v) is 5.75. The fraction of sp³-hybridized carbons (Fsp3) is 0.909. The van der Waals surface area contributed by atoms with Gasteiger partial charge < -0.3 is 15.0 Å². The summed E-state index contributed by atoms with van der Waals surface area (Å²) in [7, 11) is 1.43. The van der Waals surface area contributed by atoms with Crippen LogP contribution in [0.2, 0.25) is 0 Å². The van der Waals surface area contributed by atoms with Crippen LogP contribution in [0.1, 0.15) is 26.2 Å². The Morgan fingerprint density at radius 3 is 2.73 bits per heavy atom. The van der Waals surface area contributed by atoms with Gasteiger partial charge in [0.05, 0.1) is 13.5 Å². The van der Waals surface area contributed by atoms with Crippen LogP contribution in [0.15, 0.2) is 0 Å². The fourth-order valence-corrected chi connectivity index (χ4v) is 1.88. The van der Waals surface area contributed by atoms with Crippen LogP contribution in [0.25, 0.3) is 0 Å². The zero-order valence-electron chi connectivity index (χ0n) is 9.79. The third-order valence-corrected chi connectivity index (χ3v) is 2.82. The summed E-state index contributed by atoms with van der Waals surface area (Å²) in [6, 6.07) is 0.208. The summed E-state index contributed by atoms with van der Waals surface area (Å²) >= 11 is 0. The van der Waals surface area contributed by atoms with Gasteiger partial charge in [-0.1, -0.05) is 0 Å². The predicted molar refractivity (Wildman–Crippen MR) is 59.8 cm³/mol. The van der Waals surface area contributed by atoms with E-state index >= 15 is 0 Å². The van der Waals surface area contributed by atoms with Crippen molar-refractivity contribution in [2.45, 2.75) is 32.2 Å². The number of methoxy groups -OCH3 is 1. The van der Waals surface area contributed by atoms with Crippen LogP contribution >= 0.6 is 0 Å². The second kappa shape index (κ2) is 6.80. The van der Waals surface area contributed by atoms with Gasteiger partial charge in [0.15, 0.2) is 0 Å². The molecule has 1 aliphatic rings. The molecule has 1 N–H and O–H groups in total. The SMILES string of the molecule is COC(=O)C[C@@H](C)NCCN1CCCC1. The average Bonchev–Trinajstić information content (AvgIpc) is 2.70. The van der Waals surface area contributed by atoms with Gasteiger partial charge in [-0.05, 0) is 32.9 Å². The zero-order valence-corrected chi connectivity index (χ0v) is 9.79. The van der Waals surface area contributed by atoms with Gasteiger partial charge in [0, 0.05) is 19.1 Å². The third kappa shape index (κ3) is 5.14. The molecule has 1 saturated heterocycles. The molecule has 15 heavy (non-hydrogen) atoms. The first-order valence-electron chi connectivity index (χ1n) is 5.75. The molecule has 0 unspecified atom stereocenters. The van der Waals surface area contributed by atoms with E-state index in [0.717, 1.165) is 13.1 Å². The number of rotatable bonds is 6. The maximum Gasteiger partial charge on any atom is 0.307 e. The second-order valence-corrected chi connectivity index (χ2v) is 4.18. The Morgan fingerprint density at radius 1 is 1.47 bits per heavy atom. The highest BCUT2D eigenvalue weighted by Gasteiger charge is 2.12. The van der Waals surface area contributed by atoms with E-state index in [4.69, 9.17) is 0 Å². The van der Waals surface area contributed by atoms with E-state index in [2.05, 4.69) is 15.0 Å². The minimum atomic E-state index is -0.142. The van der Waals surface area contributed by atoms with Gasteiger partial charge in [-0.2, -0.15) is 0 Å². The van der Waals surface area contributed by atoms with Crippen molar-refractivity contribution in [1.29, 1.82) is 0 Å². The van der Waals surface area contributed by atoms with E-state index in [0.29, 0.717) is 6.42 Å². The van der Waals surface area contributed by atoms with E-state index in [-0.39, 0.29) is 12.0 Å². The third-order valence-electron chi connectivity index (χ3n) is 2.82. The van der Waals surface area contributed by atoms with Gasteiger partial charge in [0.2, 0.25) is 0 Å². The molecule has 0 aliphatic carbocycles. The molecule has 0 radical (unpaired) electrons. The molecule has 1 heterocycles. The number of nitrogens with one attached hydrogen (secondary N) is 1. The van der Waals surface area contributed by atoms with Crippen LogP contribution in [0.3, 0.4) is 0 Å². The molecule has 1 rings (SSSR count). The predicted octanol–water partition coefficient (Wildman–Crippen LogP) is 0.623. The Kier molecular flexibility index (Phi) is 5.65. The standard InChI is InChI=1S/C11H22N2O2/c1-10(9-11(14)15-2)12-5-8-13-6-3-4-7-13/h10,12H,3-9H2,1-2H3/t10-/m1/s1. The van der Waals surface area contributed by atoms with E-state index < -0.39 is 0 Å². The summed E-state index contributed by atoms with van der Waals surface area (Å²) in [5, 5.41) is 3.33. The molecular weight excluding hydrogens is 192 g/mol. The van der Waals surface area contributed by atoms with E-state index in [1.807, 2.05) is 6.92 Å². The Balaban J connectivity index is 2.00. The van der Waals surface area contributed by atoms with Crippen LogP contribution < -0.4 is 5.32 Å². The van der Waals surface area contributed by atoms with Crippen LogP contribution in [0.5, 0.6) is 0 Å². The van der Waals surface area contributed by atoms with Crippen molar-refractivity contribution in [2.24, 2.45) is 0 Å². The average molecular weight is 214 g/mol. The van der Waals surface area contributed by atoms with E-state index in [1.54, 1.807) is 0 Å².